The molecule has 0 aliphatic carbocycles. The van der Waals surface area contributed by atoms with E-state index in [9.17, 15) is 4.79 Å². The van der Waals surface area contributed by atoms with Crippen LogP contribution in [0.3, 0.4) is 0 Å². The zero-order chi connectivity index (χ0) is 10.3. The Balaban J connectivity index is 3.13. The lowest BCUT2D eigenvalue weighted by molar-refractivity contribution is -0.141. The van der Waals surface area contributed by atoms with Gasteiger partial charge in [-0.2, -0.15) is 0 Å². The molecule has 0 unspecified atom stereocenters. The van der Waals surface area contributed by atoms with Gasteiger partial charge in [-0.25, -0.2) is 0 Å². The highest BCUT2D eigenvalue weighted by Gasteiger charge is 2.11. The van der Waals surface area contributed by atoms with Crippen LogP contribution < -0.4 is 0 Å². The van der Waals surface area contributed by atoms with Gasteiger partial charge in [-0.3, -0.25) is 4.79 Å². The first-order valence-electron chi connectivity index (χ1n) is 5.05. The molecule has 3 heteroatoms. The molecular weight excluding hydrogens is 180 g/mol. The highest BCUT2D eigenvalue weighted by atomic mass is 28.3. The van der Waals surface area contributed by atoms with Gasteiger partial charge in [-0.15, -0.1) is 0 Å². The fourth-order valence-corrected chi connectivity index (χ4v) is 2.46. The maximum Gasteiger partial charge on any atom is 0.302 e. The van der Waals surface area contributed by atoms with E-state index in [1.807, 2.05) is 0 Å². The molecule has 2 nitrogen and oxygen atoms in total. The Bertz CT molecular complexity index is 149. The summed E-state index contributed by atoms with van der Waals surface area (Å²) in [5, 5.41) is 0. The SMILES string of the molecule is CC(=O)OCCCCC[Si](C)(C)C. The molecule has 0 heterocycles. The average Bonchev–Trinajstić information content (AvgIpc) is 1.93. The minimum atomic E-state index is -0.847. The van der Waals surface area contributed by atoms with Gasteiger partial charge in [0.2, 0.25) is 0 Å². The Morgan fingerprint density at radius 1 is 1.15 bits per heavy atom. The van der Waals surface area contributed by atoms with Crippen LogP contribution in [0.1, 0.15) is 26.2 Å². The number of esters is 1. The largest absolute Gasteiger partial charge is 0.466 e. The smallest absolute Gasteiger partial charge is 0.302 e. The summed E-state index contributed by atoms with van der Waals surface area (Å²) >= 11 is 0. The van der Waals surface area contributed by atoms with Crippen LogP contribution in [0.5, 0.6) is 0 Å². The Kier molecular flexibility index (Phi) is 6.04. The minimum absolute atomic E-state index is 0.162. The predicted molar refractivity (Wildman–Crippen MR) is 58.6 cm³/mol. The third kappa shape index (κ3) is 11.7. The molecule has 0 aliphatic rings. The number of carbonyl (C=O) groups excluding carboxylic acids is 1. The molecule has 0 bridgehead atoms. The quantitative estimate of drug-likeness (QED) is 0.376. The van der Waals surface area contributed by atoms with Crippen LogP contribution in [0, 0.1) is 0 Å². The van der Waals surface area contributed by atoms with E-state index in [4.69, 9.17) is 4.74 Å². The number of ether oxygens (including phenoxy) is 1. The lowest BCUT2D eigenvalue weighted by Gasteiger charge is -2.14. The molecule has 0 aromatic heterocycles. The molecular formula is C10H22O2Si. The van der Waals surface area contributed by atoms with Crippen molar-refractivity contribution in [2.75, 3.05) is 6.61 Å². The Labute approximate surface area is 82.7 Å². The van der Waals surface area contributed by atoms with E-state index in [2.05, 4.69) is 19.6 Å². The second-order valence-electron chi connectivity index (χ2n) is 4.71. The summed E-state index contributed by atoms with van der Waals surface area (Å²) in [6.07, 6.45) is 3.50. The molecule has 0 aromatic rings. The fourth-order valence-electron chi connectivity index (χ4n) is 1.15. The molecule has 0 radical (unpaired) electrons. The Morgan fingerprint density at radius 2 is 1.77 bits per heavy atom. The molecule has 0 saturated carbocycles. The normalized spacial score (nSPS) is 11.4. The second kappa shape index (κ2) is 6.19. The van der Waals surface area contributed by atoms with E-state index >= 15 is 0 Å². The molecule has 0 spiro atoms. The van der Waals surface area contributed by atoms with Crippen molar-refractivity contribution in [2.24, 2.45) is 0 Å². The van der Waals surface area contributed by atoms with Crippen LogP contribution in [-0.2, 0) is 9.53 Å². The molecule has 0 N–H and O–H groups in total. The number of unbranched alkanes of at least 4 members (excludes halogenated alkanes) is 2. The van der Waals surface area contributed by atoms with Gasteiger partial charge >= 0.3 is 5.97 Å². The van der Waals surface area contributed by atoms with Gasteiger partial charge < -0.3 is 4.74 Å². The lowest BCUT2D eigenvalue weighted by Crippen LogP contribution is -2.18. The van der Waals surface area contributed by atoms with Crippen LogP contribution in [0.4, 0.5) is 0 Å². The zero-order valence-corrected chi connectivity index (χ0v) is 10.4. The maximum atomic E-state index is 10.4. The fraction of sp³-hybridized carbons (Fsp3) is 0.900. The zero-order valence-electron chi connectivity index (χ0n) is 9.35. The summed E-state index contributed by atoms with van der Waals surface area (Å²) < 4.78 is 4.85. The van der Waals surface area contributed by atoms with Gasteiger partial charge in [-0.1, -0.05) is 38.5 Å². The monoisotopic (exact) mass is 202 g/mol. The molecule has 0 atom stereocenters. The van der Waals surface area contributed by atoms with E-state index in [-0.39, 0.29) is 5.97 Å². The van der Waals surface area contributed by atoms with Crippen LogP contribution in [-0.4, -0.2) is 20.7 Å². The third-order valence-electron chi connectivity index (χ3n) is 1.88. The van der Waals surface area contributed by atoms with Crippen molar-refractivity contribution in [2.45, 2.75) is 51.9 Å². The summed E-state index contributed by atoms with van der Waals surface area (Å²) in [7, 11) is -0.847. The van der Waals surface area contributed by atoms with Crippen molar-refractivity contribution in [3.8, 4) is 0 Å². The van der Waals surface area contributed by atoms with Crippen molar-refractivity contribution in [3.63, 3.8) is 0 Å². The van der Waals surface area contributed by atoms with E-state index < -0.39 is 8.07 Å². The molecule has 78 valence electrons. The number of rotatable bonds is 6. The summed E-state index contributed by atoms with van der Waals surface area (Å²) in [6, 6.07) is 1.38. The van der Waals surface area contributed by atoms with Gasteiger partial charge in [0.1, 0.15) is 0 Å². The molecule has 0 amide bonds. The summed E-state index contributed by atoms with van der Waals surface area (Å²) in [4.78, 5) is 10.4. The number of carbonyl (C=O) groups is 1. The predicted octanol–water partition coefficient (Wildman–Crippen LogP) is 3.06. The van der Waals surface area contributed by atoms with E-state index in [0.29, 0.717) is 6.61 Å². The van der Waals surface area contributed by atoms with Crippen LogP contribution in [0.2, 0.25) is 25.7 Å². The van der Waals surface area contributed by atoms with E-state index in [0.717, 1.165) is 6.42 Å². The summed E-state index contributed by atoms with van der Waals surface area (Å²) in [6.45, 7) is 9.22. The Hall–Kier alpha value is -0.313. The minimum Gasteiger partial charge on any atom is -0.466 e. The van der Waals surface area contributed by atoms with Gasteiger partial charge in [0, 0.05) is 15.0 Å². The van der Waals surface area contributed by atoms with Crippen molar-refractivity contribution < 1.29 is 9.53 Å². The maximum absolute atomic E-state index is 10.4. The molecule has 0 aliphatic heterocycles. The summed E-state index contributed by atoms with van der Waals surface area (Å²) in [5.41, 5.74) is 0. The molecule has 0 rings (SSSR count). The van der Waals surface area contributed by atoms with Crippen molar-refractivity contribution >= 4 is 14.0 Å². The third-order valence-corrected chi connectivity index (χ3v) is 3.73. The van der Waals surface area contributed by atoms with Gasteiger partial charge in [-0.05, 0) is 6.42 Å². The van der Waals surface area contributed by atoms with Crippen LogP contribution >= 0.6 is 0 Å². The topological polar surface area (TPSA) is 26.3 Å². The molecule has 13 heavy (non-hydrogen) atoms. The first kappa shape index (κ1) is 12.7. The van der Waals surface area contributed by atoms with Crippen LogP contribution in [0.15, 0.2) is 0 Å². The highest BCUT2D eigenvalue weighted by Crippen LogP contribution is 2.13. The van der Waals surface area contributed by atoms with E-state index in [1.54, 1.807) is 0 Å². The highest BCUT2D eigenvalue weighted by molar-refractivity contribution is 6.76. The van der Waals surface area contributed by atoms with Crippen molar-refractivity contribution in [3.05, 3.63) is 0 Å². The van der Waals surface area contributed by atoms with Gasteiger partial charge in [0.15, 0.2) is 0 Å². The molecule has 0 fully saturated rings. The summed E-state index contributed by atoms with van der Waals surface area (Å²) in [5.74, 6) is -0.162. The molecule has 0 saturated heterocycles. The second-order valence-corrected chi connectivity index (χ2v) is 10.3. The van der Waals surface area contributed by atoms with Crippen molar-refractivity contribution in [1.29, 1.82) is 0 Å². The van der Waals surface area contributed by atoms with Gasteiger partial charge in [0.05, 0.1) is 6.61 Å². The van der Waals surface area contributed by atoms with E-state index in [1.165, 1.54) is 25.8 Å². The first-order chi connectivity index (χ1) is 5.92. The number of hydrogen-bond donors (Lipinski definition) is 0. The first-order valence-corrected chi connectivity index (χ1v) is 8.76. The molecule has 0 aromatic carbocycles. The average molecular weight is 202 g/mol. The van der Waals surface area contributed by atoms with Crippen LogP contribution in [0.25, 0.3) is 0 Å². The Morgan fingerprint density at radius 3 is 2.23 bits per heavy atom. The van der Waals surface area contributed by atoms with Crippen molar-refractivity contribution in [1.82, 2.24) is 0 Å². The lowest BCUT2D eigenvalue weighted by atomic mass is 10.3. The standard InChI is InChI=1S/C10H22O2Si/c1-10(11)12-8-6-5-7-9-13(2,3)4/h5-9H2,1-4H3. The van der Waals surface area contributed by atoms with Gasteiger partial charge in [0.25, 0.3) is 0 Å². The number of hydrogen-bond acceptors (Lipinski definition) is 2.